The number of fused-ring (bicyclic) bond motifs is 6. The van der Waals surface area contributed by atoms with Crippen molar-refractivity contribution in [2.45, 2.75) is 12.3 Å². The number of hydrogen-bond donors (Lipinski definition) is 0. The summed E-state index contributed by atoms with van der Waals surface area (Å²) >= 11 is 1.83. The molecule has 7 aromatic carbocycles. The normalized spacial score (nSPS) is 14.8. The molecule has 0 saturated heterocycles. The Balaban J connectivity index is 1.12. The third-order valence-electron chi connectivity index (χ3n) is 10.6. The average molecular weight is 669 g/mol. The van der Waals surface area contributed by atoms with Crippen LogP contribution < -0.4 is 0 Å². The molecule has 0 aliphatic heterocycles. The van der Waals surface area contributed by atoms with Crippen molar-refractivity contribution in [3.8, 4) is 56.2 Å². The van der Waals surface area contributed by atoms with E-state index in [1.807, 2.05) is 29.5 Å². The molecule has 0 amide bonds. The molecular weight excluding hydrogens is 637 g/mol. The third kappa shape index (κ3) is 4.70. The predicted octanol–water partition coefficient (Wildman–Crippen LogP) is 12.8. The predicted molar refractivity (Wildman–Crippen MR) is 214 cm³/mol. The van der Waals surface area contributed by atoms with E-state index in [0.717, 1.165) is 33.9 Å². The zero-order valence-electron chi connectivity index (χ0n) is 28.0. The highest BCUT2D eigenvalue weighted by molar-refractivity contribution is 7.26. The molecule has 3 heteroatoms. The van der Waals surface area contributed by atoms with Crippen LogP contribution in [0.25, 0.3) is 76.3 Å². The van der Waals surface area contributed by atoms with Crippen LogP contribution in [0.15, 0.2) is 176 Å². The van der Waals surface area contributed by atoms with Gasteiger partial charge in [0, 0.05) is 42.3 Å². The van der Waals surface area contributed by atoms with E-state index in [4.69, 9.17) is 9.97 Å². The van der Waals surface area contributed by atoms with E-state index in [1.54, 1.807) is 0 Å². The summed E-state index contributed by atoms with van der Waals surface area (Å²) in [6.07, 6.45) is 0. The van der Waals surface area contributed by atoms with Gasteiger partial charge in [-0.25, -0.2) is 9.97 Å². The molecule has 0 fully saturated rings. The minimum absolute atomic E-state index is 0.276. The number of nitrogens with zero attached hydrogens (tertiary/aromatic N) is 2. The first-order chi connectivity index (χ1) is 25.2. The Kier molecular flexibility index (Phi) is 6.83. The first kappa shape index (κ1) is 29.7. The molecule has 2 nitrogen and oxygen atoms in total. The number of rotatable bonds is 5. The van der Waals surface area contributed by atoms with Gasteiger partial charge in [-0.05, 0) is 58.0 Å². The van der Waals surface area contributed by atoms with Crippen molar-refractivity contribution in [2.24, 2.45) is 0 Å². The van der Waals surface area contributed by atoms with Crippen molar-refractivity contribution in [3.05, 3.63) is 193 Å². The van der Waals surface area contributed by atoms with E-state index in [0.29, 0.717) is 0 Å². The lowest BCUT2D eigenvalue weighted by atomic mass is 9.72. The molecule has 0 bridgehead atoms. The molecule has 2 aromatic heterocycles. The Labute approximate surface area is 301 Å². The molecule has 51 heavy (non-hydrogen) atoms. The van der Waals surface area contributed by atoms with Crippen LogP contribution in [0.2, 0.25) is 0 Å². The third-order valence-corrected chi connectivity index (χ3v) is 11.8. The van der Waals surface area contributed by atoms with Gasteiger partial charge in [0.15, 0.2) is 5.82 Å². The fourth-order valence-corrected chi connectivity index (χ4v) is 9.36. The molecular formula is C48H32N2S. The zero-order valence-corrected chi connectivity index (χ0v) is 28.9. The summed E-state index contributed by atoms with van der Waals surface area (Å²) in [6, 6.07) is 63.2. The van der Waals surface area contributed by atoms with Crippen LogP contribution in [-0.4, -0.2) is 9.97 Å². The summed E-state index contributed by atoms with van der Waals surface area (Å²) in [6.45, 7) is 2.38. The van der Waals surface area contributed by atoms with Crippen molar-refractivity contribution < 1.29 is 0 Å². The van der Waals surface area contributed by atoms with Crippen molar-refractivity contribution in [1.82, 2.24) is 9.97 Å². The highest BCUT2D eigenvalue weighted by atomic mass is 32.1. The van der Waals surface area contributed by atoms with Gasteiger partial charge < -0.3 is 0 Å². The molecule has 1 atom stereocenters. The number of aromatic nitrogens is 2. The first-order valence-electron chi connectivity index (χ1n) is 17.4. The largest absolute Gasteiger partial charge is 0.228 e. The van der Waals surface area contributed by atoms with E-state index >= 15 is 0 Å². The van der Waals surface area contributed by atoms with Crippen LogP contribution in [0, 0.1) is 0 Å². The molecule has 240 valence electrons. The van der Waals surface area contributed by atoms with Crippen LogP contribution in [0.3, 0.4) is 0 Å². The van der Waals surface area contributed by atoms with Crippen LogP contribution in [-0.2, 0) is 5.41 Å². The summed E-state index contributed by atoms with van der Waals surface area (Å²) in [5, 5.41) is 2.55. The van der Waals surface area contributed by atoms with Gasteiger partial charge in [-0.1, -0.05) is 164 Å². The Morgan fingerprint density at radius 1 is 0.451 bits per heavy atom. The molecule has 1 aliphatic carbocycles. The van der Waals surface area contributed by atoms with Gasteiger partial charge in [0.25, 0.3) is 0 Å². The summed E-state index contributed by atoms with van der Waals surface area (Å²) in [5.74, 6) is 0.725. The van der Waals surface area contributed by atoms with E-state index < -0.39 is 0 Å². The Morgan fingerprint density at radius 2 is 1.06 bits per heavy atom. The second-order valence-electron chi connectivity index (χ2n) is 13.5. The second kappa shape index (κ2) is 11.7. The lowest BCUT2D eigenvalue weighted by Gasteiger charge is -2.30. The van der Waals surface area contributed by atoms with E-state index in [-0.39, 0.29) is 5.41 Å². The van der Waals surface area contributed by atoms with Crippen molar-refractivity contribution in [2.75, 3.05) is 0 Å². The Bertz CT molecular complexity index is 2750. The minimum Gasteiger partial charge on any atom is -0.228 e. The molecule has 0 radical (unpaired) electrons. The lowest BCUT2D eigenvalue weighted by Crippen LogP contribution is -2.23. The van der Waals surface area contributed by atoms with Crippen LogP contribution in [0.5, 0.6) is 0 Å². The fraction of sp³-hybridized carbons (Fsp3) is 0.0417. The van der Waals surface area contributed by atoms with Gasteiger partial charge in [0.2, 0.25) is 0 Å². The van der Waals surface area contributed by atoms with Gasteiger partial charge in [-0.3, -0.25) is 0 Å². The van der Waals surface area contributed by atoms with Gasteiger partial charge in [0.1, 0.15) is 0 Å². The summed E-state index contributed by atoms with van der Waals surface area (Å²) in [5.41, 5.74) is 13.8. The van der Waals surface area contributed by atoms with Crippen molar-refractivity contribution >= 4 is 31.5 Å². The summed E-state index contributed by atoms with van der Waals surface area (Å²) < 4.78 is 2.53. The van der Waals surface area contributed by atoms with Crippen LogP contribution in [0.4, 0.5) is 0 Å². The molecule has 9 aromatic rings. The van der Waals surface area contributed by atoms with Gasteiger partial charge in [-0.15, -0.1) is 11.3 Å². The quantitative estimate of drug-likeness (QED) is 0.182. The van der Waals surface area contributed by atoms with E-state index in [1.165, 1.54) is 59.1 Å². The molecule has 0 saturated carbocycles. The molecule has 0 spiro atoms. The topological polar surface area (TPSA) is 25.8 Å². The average Bonchev–Trinajstić information content (AvgIpc) is 3.72. The van der Waals surface area contributed by atoms with Crippen molar-refractivity contribution in [1.29, 1.82) is 0 Å². The van der Waals surface area contributed by atoms with Crippen LogP contribution in [0.1, 0.15) is 23.6 Å². The molecule has 2 heterocycles. The van der Waals surface area contributed by atoms with E-state index in [9.17, 15) is 0 Å². The first-order valence-corrected chi connectivity index (χ1v) is 18.2. The van der Waals surface area contributed by atoms with Crippen LogP contribution >= 0.6 is 11.3 Å². The van der Waals surface area contributed by atoms with Gasteiger partial charge in [-0.2, -0.15) is 0 Å². The highest BCUT2D eigenvalue weighted by Gasteiger charge is 2.42. The second-order valence-corrected chi connectivity index (χ2v) is 14.5. The monoisotopic (exact) mass is 668 g/mol. The number of benzene rings is 7. The fourth-order valence-electron chi connectivity index (χ4n) is 8.13. The van der Waals surface area contributed by atoms with E-state index in [2.05, 4.69) is 165 Å². The maximum atomic E-state index is 5.18. The minimum atomic E-state index is -0.276. The van der Waals surface area contributed by atoms with Crippen molar-refractivity contribution in [3.63, 3.8) is 0 Å². The standard InChI is InChI=1S/C48H32N2S/c1-48(34-16-6-3-7-17-34)41-24-10-8-18-36(41)38-21-12-20-35(45(38)48)31-26-28-32(29-27-31)42-30-43(50-47(49-42)33-14-4-2-5-15-33)40-23-13-22-39-37-19-9-11-25-44(37)51-46(39)40/h2-30H,1H3. The lowest BCUT2D eigenvalue weighted by molar-refractivity contribution is 0.716. The molecule has 1 aliphatic rings. The molecule has 10 rings (SSSR count). The van der Waals surface area contributed by atoms with Gasteiger partial charge >= 0.3 is 0 Å². The Hall–Kier alpha value is -6.16. The molecule has 1 unspecified atom stereocenters. The molecule has 0 N–H and O–H groups in total. The maximum Gasteiger partial charge on any atom is 0.160 e. The summed E-state index contributed by atoms with van der Waals surface area (Å²) in [4.78, 5) is 10.3. The number of hydrogen-bond acceptors (Lipinski definition) is 3. The summed E-state index contributed by atoms with van der Waals surface area (Å²) in [7, 11) is 0. The SMILES string of the molecule is CC1(c2ccccc2)c2ccccc2-c2cccc(-c3ccc(-c4cc(-c5cccc6c5sc5ccccc56)nc(-c5ccccc5)n4)cc3)c21. The highest BCUT2D eigenvalue weighted by Crippen LogP contribution is 2.55. The maximum absolute atomic E-state index is 5.18. The zero-order chi connectivity index (χ0) is 33.9. The van der Waals surface area contributed by atoms with Gasteiger partial charge in [0.05, 0.1) is 11.4 Å². The number of thiophene rings is 1. The Morgan fingerprint density at radius 3 is 1.90 bits per heavy atom. The smallest absolute Gasteiger partial charge is 0.160 e.